The third kappa shape index (κ3) is 65.4. The van der Waals surface area contributed by atoms with Gasteiger partial charge in [-0.25, -0.2) is 0 Å². The van der Waals surface area contributed by atoms with Gasteiger partial charge in [0.15, 0.2) is 6.10 Å². The van der Waals surface area contributed by atoms with Crippen LogP contribution in [-0.2, 0) is 28.6 Å². The molecule has 0 rings (SSSR count). The Balaban J connectivity index is 4.31. The second-order valence-electron chi connectivity index (χ2n) is 23.1. The Hall–Kier alpha value is -3.41. The van der Waals surface area contributed by atoms with E-state index in [1.54, 1.807) is 0 Å². The highest BCUT2D eigenvalue weighted by molar-refractivity contribution is 5.71. The van der Waals surface area contributed by atoms with Crippen LogP contribution < -0.4 is 0 Å². The van der Waals surface area contributed by atoms with E-state index in [1.807, 2.05) is 0 Å². The highest BCUT2D eigenvalue weighted by atomic mass is 16.6. The zero-order valence-corrected chi connectivity index (χ0v) is 53.1. The fourth-order valence-electron chi connectivity index (χ4n) is 9.93. The summed E-state index contributed by atoms with van der Waals surface area (Å²) in [6.45, 7) is 6.54. The van der Waals surface area contributed by atoms with Crippen LogP contribution in [0.25, 0.3) is 0 Å². The van der Waals surface area contributed by atoms with Gasteiger partial charge < -0.3 is 14.2 Å². The molecule has 6 nitrogen and oxygen atoms in total. The topological polar surface area (TPSA) is 78.9 Å². The van der Waals surface area contributed by atoms with E-state index in [9.17, 15) is 14.4 Å². The molecule has 80 heavy (non-hydrogen) atoms. The third-order valence-corrected chi connectivity index (χ3v) is 15.1. The van der Waals surface area contributed by atoms with Crippen molar-refractivity contribution >= 4 is 17.9 Å². The molecule has 0 saturated heterocycles. The largest absolute Gasteiger partial charge is 0.462 e. The van der Waals surface area contributed by atoms with E-state index in [0.29, 0.717) is 19.3 Å². The van der Waals surface area contributed by atoms with Crippen LogP contribution in [0.1, 0.15) is 348 Å². The van der Waals surface area contributed by atoms with Gasteiger partial charge in [-0.1, -0.05) is 298 Å². The monoisotopic (exact) mass is 1110 g/mol. The van der Waals surface area contributed by atoms with Gasteiger partial charge in [-0.3, -0.25) is 14.4 Å². The number of unbranched alkanes of at least 4 members (excludes halogenated alkanes) is 38. The first-order valence-corrected chi connectivity index (χ1v) is 34.6. The molecule has 0 saturated carbocycles. The molecule has 0 heterocycles. The zero-order valence-electron chi connectivity index (χ0n) is 53.1. The van der Waals surface area contributed by atoms with Gasteiger partial charge in [0, 0.05) is 19.3 Å². The molecular formula is C74H130O6. The summed E-state index contributed by atoms with van der Waals surface area (Å²) in [5.74, 6) is -0.879. The molecule has 0 aliphatic rings. The summed E-state index contributed by atoms with van der Waals surface area (Å²) < 4.78 is 17.0. The number of ether oxygens (including phenoxy) is 3. The van der Waals surface area contributed by atoms with Crippen LogP contribution in [0.2, 0.25) is 0 Å². The lowest BCUT2D eigenvalue weighted by atomic mass is 10.0. The quantitative estimate of drug-likeness (QED) is 0.0261. The van der Waals surface area contributed by atoms with E-state index < -0.39 is 6.10 Å². The Morgan fingerprint density at radius 1 is 0.263 bits per heavy atom. The molecule has 0 spiro atoms. The van der Waals surface area contributed by atoms with Gasteiger partial charge >= 0.3 is 17.9 Å². The molecule has 1 atom stereocenters. The molecule has 0 aliphatic heterocycles. The average molecular weight is 1120 g/mol. The van der Waals surface area contributed by atoms with E-state index in [-0.39, 0.29) is 31.1 Å². The van der Waals surface area contributed by atoms with Crippen LogP contribution in [0, 0.1) is 0 Å². The predicted molar refractivity (Wildman–Crippen MR) is 348 cm³/mol. The Morgan fingerprint density at radius 3 is 0.787 bits per heavy atom. The summed E-state index contributed by atoms with van der Waals surface area (Å²) in [4.78, 5) is 38.4. The van der Waals surface area contributed by atoms with E-state index >= 15 is 0 Å². The number of hydrogen-bond acceptors (Lipinski definition) is 6. The summed E-state index contributed by atoms with van der Waals surface area (Å²) in [6, 6.07) is 0. The first-order valence-electron chi connectivity index (χ1n) is 34.6. The van der Waals surface area contributed by atoms with Crippen LogP contribution in [0.15, 0.2) is 85.1 Å². The Kier molecular flexibility index (Phi) is 65.2. The number of rotatable bonds is 63. The van der Waals surface area contributed by atoms with Gasteiger partial charge in [0.1, 0.15) is 13.2 Å². The molecule has 0 aromatic rings. The van der Waals surface area contributed by atoms with Gasteiger partial charge in [-0.15, -0.1) is 0 Å². The second-order valence-corrected chi connectivity index (χ2v) is 23.1. The van der Waals surface area contributed by atoms with Gasteiger partial charge in [0.2, 0.25) is 0 Å². The first-order chi connectivity index (χ1) is 39.5. The average Bonchev–Trinajstić information content (AvgIpc) is 3.46. The van der Waals surface area contributed by atoms with Crippen LogP contribution in [-0.4, -0.2) is 37.2 Å². The standard InChI is InChI=1S/C74H130O6/c1-4-7-10-13-16-19-22-25-28-31-33-34-35-36-37-38-39-40-42-43-46-49-52-55-58-61-64-67-73(76)79-70-71(69-78-72(75)66-63-60-57-54-51-48-45-30-27-24-21-18-15-12-9-6-3)80-74(77)68-65-62-59-56-53-50-47-44-41-32-29-26-23-20-17-14-11-8-5-2/h7,10,16,19,21,24-26,28-30,33-34,45,71H,4-6,8-9,11-15,17-18,20,22-23,27,31-32,35-44,46-70H2,1-3H3/b10-7-,19-16-,24-21-,28-25-,29-26-,34-33-,45-30-. The minimum atomic E-state index is -0.785. The molecule has 0 aromatic carbocycles. The number of hydrogen-bond donors (Lipinski definition) is 0. The molecule has 0 radical (unpaired) electrons. The molecule has 0 amide bonds. The lowest BCUT2D eigenvalue weighted by Gasteiger charge is -2.18. The summed E-state index contributed by atoms with van der Waals surface area (Å²) in [5, 5.41) is 0. The molecule has 0 N–H and O–H groups in total. The van der Waals surface area contributed by atoms with Crippen molar-refractivity contribution in [3.63, 3.8) is 0 Å². The summed E-state index contributed by atoms with van der Waals surface area (Å²) >= 11 is 0. The highest BCUT2D eigenvalue weighted by Gasteiger charge is 2.19. The smallest absolute Gasteiger partial charge is 0.306 e. The molecule has 0 aliphatic carbocycles. The van der Waals surface area contributed by atoms with Crippen molar-refractivity contribution in [2.75, 3.05) is 13.2 Å². The van der Waals surface area contributed by atoms with Crippen LogP contribution in [0.4, 0.5) is 0 Å². The zero-order chi connectivity index (χ0) is 57.8. The molecule has 462 valence electrons. The van der Waals surface area contributed by atoms with Gasteiger partial charge in [0.25, 0.3) is 0 Å². The molecule has 0 aromatic heterocycles. The summed E-state index contributed by atoms with van der Waals surface area (Å²) in [6.07, 6.45) is 90.3. The van der Waals surface area contributed by atoms with Crippen LogP contribution in [0.3, 0.4) is 0 Å². The summed E-state index contributed by atoms with van der Waals surface area (Å²) in [5.41, 5.74) is 0. The van der Waals surface area contributed by atoms with Gasteiger partial charge in [-0.2, -0.15) is 0 Å². The predicted octanol–water partition coefficient (Wildman–Crippen LogP) is 23.8. The Labute approximate surface area is 496 Å². The molecule has 0 bridgehead atoms. The van der Waals surface area contributed by atoms with E-state index in [4.69, 9.17) is 14.2 Å². The lowest BCUT2D eigenvalue weighted by molar-refractivity contribution is -0.167. The van der Waals surface area contributed by atoms with E-state index in [2.05, 4.69) is 106 Å². The van der Waals surface area contributed by atoms with Crippen LogP contribution >= 0.6 is 0 Å². The molecule has 0 fully saturated rings. The molecule has 6 heteroatoms. The van der Waals surface area contributed by atoms with Gasteiger partial charge in [0.05, 0.1) is 0 Å². The maximum absolute atomic E-state index is 12.9. The normalized spacial score (nSPS) is 12.6. The van der Waals surface area contributed by atoms with Crippen molar-refractivity contribution in [1.82, 2.24) is 0 Å². The minimum absolute atomic E-state index is 0.0796. The van der Waals surface area contributed by atoms with Crippen molar-refractivity contribution in [1.29, 1.82) is 0 Å². The third-order valence-electron chi connectivity index (χ3n) is 15.1. The van der Waals surface area contributed by atoms with Gasteiger partial charge in [-0.05, 0) is 116 Å². The summed E-state index contributed by atoms with van der Waals surface area (Å²) in [7, 11) is 0. The van der Waals surface area contributed by atoms with E-state index in [0.717, 1.165) is 103 Å². The molecular weight excluding hydrogens is 985 g/mol. The minimum Gasteiger partial charge on any atom is -0.462 e. The van der Waals surface area contributed by atoms with Crippen molar-refractivity contribution in [2.45, 2.75) is 354 Å². The van der Waals surface area contributed by atoms with Crippen LogP contribution in [0.5, 0.6) is 0 Å². The number of carbonyl (C=O) groups is 3. The fourth-order valence-corrected chi connectivity index (χ4v) is 9.93. The number of allylic oxidation sites excluding steroid dienone is 14. The van der Waals surface area contributed by atoms with Crippen molar-refractivity contribution in [3.8, 4) is 0 Å². The number of esters is 3. The van der Waals surface area contributed by atoms with Crippen molar-refractivity contribution in [3.05, 3.63) is 85.1 Å². The molecule has 1 unspecified atom stereocenters. The fraction of sp³-hybridized carbons (Fsp3) is 0.770. The first kappa shape index (κ1) is 76.6. The Bertz CT molecular complexity index is 1520. The van der Waals surface area contributed by atoms with Crippen molar-refractivity contribution < 1.29 is 28.6 Å². The second kappa shape index (κ2) is 68.1. The highest BCUT2D eigenvalue weighted by Crippen LogP contribution is 2.17. The SMILES string of the molecule is CC/C=C\C/C=C\C/C=C\C/C=C\CCCCCCCCCCCCCCCCC(=O)OCC(COC(=O)CCCCCCC/C=C\C/C=C\CCCCCC)OC(=O)CCCCCCCCCCC/C=C\CCCCCCCC. The Morgan fingerprint density at radius 2 is 0.487 bits per heavy atom. The number of carbonyl (C=O) groups excluding carboxylic acids is 3. The maximum atomic E-state index is 12.9. The lowest BCUT2D eigenvalue weighted by Crippen LogP contribution is -2.30. The van der Waals surface area contributed by atoms with Crippen molar-refractivity contribution in [2.24, 2.45) is 0 Å². The van der Waals surface area contributed by atoms with E-state index in [1.165, 1.54) is 205 Å². The maximum Gasteiger partial charge on any atom is 0.306 e.